The van der Waals surface area contributed by atoms with Gasteiger partial charge in [-0.2, -0.15) is 5.10 Å². The van der Waals surface area contributed by atoms with Gasteiger partial charge in [-0.05, 0) is 49.7 Å². The van der Waals surface area contributed by atoms with E-state index in [-0.39, 0.29) is 5.75 Å². The molecule has 0 saturated carbocycles. The maximum Gasteiger partial charge on any atom is 0.308 e. The predicted octanol–water partition coefficient (Wildman–Crippen LogP) is 4.82. The lowest BCUT2D eigenvalue weighted by molar-refractivity contribution is -0.143. The maximum atomic E-state index is 11.2. The fraction of sp³-hybridized carbons (Fsp3) is 0.316. The summed E-state index contributed by atoms with van der Waals surface area (Å²) in [5, 5.41) is 27.2. The van der Waals surface area contributed by atoms with Crippen LogP contribution < -0.4 is 5.43 Å². The first-order valence-electron chi connectivity index (χ1n) is 8.86. The number of nitrogens with zero attached hydrogens (tertiary/aromatic N) is 2. The molecule has 6 nitrogen and oxygen atoms in total. The highest BCUT2D eigenvalue weighted by Crippen LogP contribution is 2.40. The van der Waals surface area contributed by atoms with Crippen LogP contribution >= 0.6 is 46.8 Å². The van der Waals surface area contributed by atoms with Gasteiger partial charge in [-0.3, -0.25) is 10.2 Å². The van der Waals surface area contributed by atoms with E-state index in [1.807, 2.05) is 4.90 Å². The van der Waals surface area contributed by atoms with Crippen molar-refractivity contribution in [1.82, 2.24) is 10.3 Å². The molecule has 2 aromatic rings. The van der Waals surface area contributed by atoms with Crippen LogP contribution in [0.1, 0.15) is 25.3 Å². The summed E-state index contributed by atoms with van der Waals surface area (Å²) < 4.78 is 0. The first-order chi connectivity index (χ1) is 13.8. The van der Waals surface area contributed by atoms with Crippen molar-refractivity contribution in [3.8, 4) is 16.2 Å². The molecule has 1 fully saturated rings. The number of halogens is 2. The van der Waals surface area contributed by atoms with Gasteiger partial charge >= 0.3 is 5.97 Å². The maximum absolute atomic E-state index is 11.2. The number of carbonyl (C=O) groups is 1. The van der Waals surface area contributed by atoms with Crippen LogP contribution in [-0.2, 0) is 4.79 Å². The molecule has 29 heavy (non-hydrogen) atoms. The molecule has 2 heterocycles. The van der Waals surface area contributed by atoms with Gasteiger partial charge in [0.05, 0.1) is 32.1 Å². The summed E-state index contributed by atoms with van der Waals surface area (Å²) in [6.07, 6.45) is 1.41. The van der Waals surface area contributed by atoms with Gasteiger partial charge in [-0.1, -0.05) is 29.3 Å². The topological polar surface area (TPSA) is 85.2 Å². The highest BCUT2D eigenvalue weighted by atomic mass is 35.5. The number of thiophene rings is 1. The standard InChI is InChI=1S/C19H19Cl2N3O3S2/c1-10(22-23-19(28)24-6-2-3-12(8-24)18(26)27)13-9-29-17(16(13)25)11-4-5-14(20)15(21)7-11/h4-5,7,9,12,25H,2-3,6,8H2,1H3,(H,23,28)(H,26,27)/b22-10+. The number of aromatic hydroxyl groups is 1. The van der Waals surface area contributed by atoms with Crippen LogP contribution in [0.15, 0.2) is 28.7 Å². The smallest absolute Gasteiger partial charge is 0.308 e. The number of thiocarbonyl (C=S) groups is 1. The lowest BCUT2D eigenvalue weighted by Gasteiger charge is -2.32. The Bertz CT molecular complexity index is 978. The van der Waals surface area contributed by atoms with Crippen LogP contribution in [-0.4, -0.2) is 45.0 Å². The van der Waals surface area contributed by atoms with E-state index in [0.717, 1.165) is 12.0 Å². The fourth-order valence-corrected chi connectivity index (χ4v) is 4.59. The number of hydrogen-bond donors (Lipinski definition) is 3. The first kappa shape index (κ1) is 21.8. The Morgan fingerprint density at radius 1 is 1.38 bits per heavy atom. The highest BCUT2D eigenvalue weighted by Gasteiger charge is 2.26. The lowest BCUT2D eigenvalue weighted by atomic mass is 9.99. The number of hydrogen-bond acceptors (Lipinski definition) is 5. The van der Waals surface area contributed by atoms with Crippen LogP contribution in [0.4, 0.5) is 0 Å². The van der Waals surface area contributed by atoms with Gasteiger partial charge in [0.1, 0.15) is 5.75 Å². The van der Waals surface area contributed by atoms with Gasteiger partial charge in [0.15, 0.2) is 5.11 Å². The Labute approximate surface area is 187 Å². The second-order valence-corrected chi connectivity index (χ2v) is 8.77. The van der Waals surface area contributed by atoms with E-state index in [1.165, 1.54) is 11.3 Å². The van der Waals surface area contributed by atoms with Crippen LogP contribution in [0.2, 0.25) is 10.0 Å². The molecule has 0 bridgehead atoms. The quantitative estimate of drug-likeness (QED) is 0.336. The highest BCUT2D eigenvalue weighted by molar-refractivity contribution is 7.80. The van der Waals surface area contributed by atoms with Crippen molar-refractivity contribution in [2.24, 2.45) is 11.0 Å². The molecule has 0 aliphatic carbocycles. The normalized spacial score (nSPS) is 17.3. The number of benzene rings is 1. The molecule has 10 heteroatoms. The zero-order valence-electron chi connectivity index (χ0n) is 15.5. The molecule has 0 radical (unpaired) electrons. The van der Waals surface area contributed by atoms with Crippen LogP contribution in [0.5, 0.6) is 5.75 Å². The molecule has 1 aromatic carbocycles. The van der Waals surface area contributed by atoms with Crippen LogP contribution in [0, 0.1) is 5.92 Å². The van der Waals surface area contributed by atoms with Crippen LogP contribution in [0.25, 0.3) is 10.4 Å². The van der Waals surface area contributed by atoms with Crippen molar-refractivity contribution in [3.05, 3.63) is 39.2 Å². The number of rotatable bonds is 4. The molecule has 154 valence electrons. The minimum Gasteiger partial charge on any atom is -0.506 e. The number of hydrazone groups is 1. The van der Waals surface area contributed by atoms with Crippen molar-refractivity contribution in [2.75, 3.05) is 13.1 Å². The Balaban J connectivity index is 1.72. The third kappa shape index (κ3) is 5.01. The molecular weight excluding hydrogens is 453 g/mol. The van der Waals surface area contributed by atoms with Crippen LogP contribution in [0.3, 0.4) is 0 Å². The van der Waals surface area contributed by atoms with E-state index in [9.17, 15) is 15.0 Å². The van der Waals surface area contributed by atoms with Gasteiger partial charge in [0.25, 0.3) is 0 Å². The van der Waals surface area contributed by atoms with Gasteiger partial charge in [-0.25, -0.2) is 0 Å². The average molecular weight is 472 g/mol. The number of aliphatic carboxylic acids is 1. The average Bonchev–Trinajstić information content (AvgIpc) is 3.09. The number of carboxylic acids is 1. The molecule has 1 aromatic heterocycles. The summed E-state index contributed by atoms with van der Waals surface area (Å²) in [7, 11) is 0. The molecule has 1 saturated heterocycles. The van der Waals surface area contributed by atoms with E-state index >= 15 is 0 Å². The molecule has 3 N–H and O–H groups in total. The summed E-state index contributed by atoms with van der Waals surface area (Å²) in [5.74, 6) is -1.13. The van der Waals surface area contributed by atoms with Crippen molar-refractivity contribution in [1.29, 1.82) is 0 Å². The summed E-state index contributed by atoms with van der Waals surface area (Å²) in [6.45, 7) is 2.81. The zero-order valence-corrected chi connectivity index (χ0v) is 18.6. The number of likely N-dealkylation sites (tertiary alicyclic amines) is 1. The molecule has 0 amide bonds. The second-order valence-electron chi connectivity index (χ2n) is 6.69. The van der Waals surface area contributed by atoms with Gasteiger partial charge < -0.3 is 15.1 Å². The molecule has 1 atom stereocenters. The molecular formula is C19H19Cl2N3O3S2. The molecule has 0 spiro atoms. The summed E-state index contributed by atoms with van der Waals surface area (Å²) >= 11 is 18.8. The van der Waals surface area contributed by atoms with Crippen molar-refractivity contribution in [3.63, 3.8) is 0 Å². The third-order valence-electron chi connectivity index (χ3n) is 4.71. The van der Waals surface area contributed by atoms with E-state index in [1.54, 1.807) is 30.5 Å². The number of piperidine rings is 1. The molecule has 1 unspecified atom stereocenters. The van der Waals surface area contributed by atoms with E-state index < -0.39 is 11.9 Å². The Morgan fingerprint density at radius 2 is 2.14 bits per heavy atom. The Morgan fingerprint density at radius 3 is 2.83 bits per heavy atom. The van der Waals surface area contributed by atoms with Crippen molar-refractivity contribution >= 4 is 63.5 Å². The van der Waals surface area contributed by atoms with E-state index in [4.69, 9.17) is 35.4 Å². The predicted molar refractivity (Wildman–Crippen MR) is 121 cm³/mol. The lowest BCUT2D eigenvalue weighted by Crippen LogP contribution is -2.45. The number of nitrogens with one attached hydrogen (secondary N) is 1. The summed E-state index contributed by atoms with van der Waals surface area (Å²) in [5.41, 5.74) is 4.70. The Hall–Kier alpha value is -1.87. The third-order valence-corrected chi connectivity index (χ3v) is 6.82. The summed E-state index contributed by atoms with van der Waals surface area (Å²) in [4.78, 5) is 13.7. The van der Waals surface area contributed by atoms with E-state index in [0.29, 0.717) is 50.8 Å². The fourth-order valence-electron chi connectivity index (χ4n) is 3.08. The second kappa shape index (κ2) is 9.30. The number of carboxylic acid groups (broad SMARTS) is 1. The monoisotopic (exact) mass is 471 g/mol. The minimum atomic E-state index is -0.810. The van der Waals surface area contributed by atoms with Crippen molar-refractivity contribution < 1.29 is 15.0 Å². The van der Waals surface area contributed by atoms with Gasteiger partial charge in [-0.15, -0.1) is 11.3 Å². The molecule has 1 aliphatic heterocycles. The molecule has 3 rings (SSSR count). The molecule has 1 aliphatic rings. The first-order valence-corrected chi connectivity index (χ1v) is 10.9. The largest absolute Gasteiger partial charge is 0.506 e. The van der Waals surface area contributed by atoms with Gasteiger partial charge in [0, 0.05) is 18.5 Å². The van der Waals surface area contributed by atoms with E-state index in [2.05, 4.69) is 10.5 Å². The van der Waals surface area contributed by atoms with Crippen molar-refractivity contribution in [2.45, 2.75) is 19.8 Å². The summed E-state index contributed by atoms with van der Waals surface area (Å²) in [6, 6.07) is 5.18. The SMILES string of the molecule is C/C(=N\NC(=S)N1CCCC(C(=O)O)C1)c1csc(-c2ccc(Cl)c(Cl)c2)c1O. The van der Waals surface area contributed by atoms with Gasteiger partial charge in [0.2, 0.25) is 0 Å². The Kier molecular flexibility index (Phi) is 7.00. The zero-order chi connectivity index (χ0) is 21.1. The minimum absolute atomic E-state index is 0.103.